The molecule has 1 N–H and O–H groups in total. The fourth-order valence-corrected chi connectivity index (χ4v) is 2.21. The van der Waals surface area contributed by atoms with Crippen LogP contribution in [0, 0.1) is 0 Å². The number of nitrogens with zero attached hydrogens (tertiary/aromatic N) is 2. The van der Waals surface area contributed by atoms with Gasteiger partial charge in [0.1, 0.15) is 5.75 Å². The second kappa shape index (κ2) is 4.42. The van der Waals surface area contributed by atoms with Crippen molar-refractivity contribution < 1.29 is 9.53 Å². The highest BCUT2D eigenvalue weighted by Crippen LogP contribution is 2.32. The molecule has 3 rings (SSSR count). The molecule has 2 heterocycles. The highest BCUT2D eigenvalue weighted by molar-refractivity contribution is 5.96. The molecule has 1 aliphatic rings. The highest BCUT2D eigenvalue weighted by Gasteiger charge is 2.17. The number of aryl methyl sites for hydroxylation is 2. The lowest BCUT2D eigenvalue weighted by atomic mass is 10.1. The van der Waals surface area contributed by atoms with Crippen LogP contribution in [0.15, 0.2) is 24.3 Å². The Balaban J connectivity index is 2.03. The number of rotatable bonds is 2. The van der Waals surface area contributed by atoms with Crippen LogP contribution in [0.1, 0.15) is 12.6 Å². The van der Waals surface area contributed by atoms with Gasteiger partial charge in [-0.2, -0.15) is 5.10 Å². The van der Waals surface area contributed by atoms with E-state index in [9.17, 15) is 4.79 Å². The van der Waals surface area contributed by atoms with Gasteiger partial charge in [-0.3, -0.25) is 9.48 Å². The van der Waals surface area contributed by atoms with Crippen LogP contribution in [0.25, 0.3) is 11.3 Å². The van der Waals surface area contributed by atoms with Crippen LogP contribution in [-0.4, -0.2) is 22.3 Å². The predicted molar refractivity (Wildman–Crippen MR) is 72.1 cm³/mol. The fraction of sp³-hybridized carbons (Fsp3) is 0.286. The summed E-state index contributed by atoms with van der Waals surface area (Å²) in [5.74, 6) is 0.588. The number of aromatic nitrogens is 2. The van der Waals surface area contributed by atoms with E-state index in [-0.39, 0.29) is 12.5 Å². The number of anilines is 1. The first-order chi connectivity index (χ1) is 9.17. The molecule has 5 heteroatoms. The molecule has 0 fully saturated rings. The van der Waals surface area contributed by atoms with Gasteiger partial charge in [-0.1, -0.05) is 6.92 Å². The van der Waals surface area contributed by atoms with Gasteiger partial charge in [-0.25, -0.2) is 0 Å². The minimum absolute atomic E-state index is 0.0814. The van der Waals surface area contributed by atoms with Crippen molar-refractivity contribution in [3.63, 3.8) is 0 Å². The minimum atomic E-state index is -0.121. The van der Waals surface area contributed by atoms with Crippen LogP contribution in [-0.2, 0) is 18.3 Å². The third kappa shape index (κ3) is 2.07. The van der Waals surface area contributed by atoms with Crippen LogP contribution >= 0.6 is 0 Å². The second-order valence-corrected chi connectivity index (χ2v) is 4.55. The number of amides is 1. The third-order valence-electron chi connectivity index (χ3n) is 3.20. The molecule has 0 atom stereocenters. The van der Waals surface area contributed by atoms with E-state index in [1.807, 2.05) is 29.9 Å². The largest absolute Gasteiger partial charge is 0.482 e. The summed E-state index contributed by atoms with van der Waals surface area (Å²) in [5, 5.41) is 7.25. The van der Waals surface area contributed by atoms with Gasteiger partial charge in [-0.15, -0.1) is 0 Å². The van der Waals surface area contributed by atoms with Crippen LogP contribution in [0.4, 0.5) is 5.69 Å². The van der Waals surface area contributed by atoms with Gasteiger partial charge >= 0.3 is 0 Å². The zero-order chi connectivity index (χ0) is 13.4. The summed E-state index contributed by atoms with van der Waals surface area (Å²) in [6.07, 6.45) is 0.901. The molecule has 0 saturated carbocycles. The molecule has 2 aromatic rings. The standard InChI is InChI=1S/C14H15N3O2/c1-3-10-7-12(17(2)16-10)9-4-5-13-11(6-9)15-14(18)8-19-13/h4-7H,3,8H2,1-2H3,(H,15,18). The zero-order valence-corrected chi connectivity index (χ0v) is 10.9. The van der Waals surface area contributed by atoms with E-state index in [0.29, 0.717) is 11.4 Å². The average molecular weight is 257 g/mol. The molecule has 5 nitrogen and oxygen atoms in total. The van der Waals surface area contributed by atoms with Gasteiger partial charge in [0, 0.05) is 12.6 Å². The fourth-order valence-electron chi connectivity index (χ4n) is 2.21. The Morgan fingerprint density at radius 1 is 1.42 bits per heavy atom. The molecule has 0 bridgehead atoms. The molecule has 1 aliphatic heterocycles. The molecule has 0 saturated heterocycles. The molecular formula is C14H15N3O2. The Kier molecular flexibility index (Phi) is 2.74. The van der Waals surface area contributed by atoms with E-state index >= 15 is 0 Å². The number of carbonyl (C=O) groups excluding carboxylic acids is 1. The number of benzene rings is 1. The molecule has 0 radical (unpaired) electrons. The summed E-state index contributed by atoms with van der Waals surface area (Å²) in [4.78, 5) is 11.3. The lowest BCUT2D eigenvalue weighted by Crippen LogP contribution is -2.25. The van der Waals surface area contributed by atoms with E-state index in [2.05, 4.69) is 23.4 Å². The third-order valence-corrected chi connectivity index (χ3v) is 3.20. The molecule has 0 spiro atoms. The molecular weight excluding hydrogens is 242 g/mol. The van der Waals surface area contributed by atoms with Crippen molar-refractivity contribution in [3.8, 4) is 17.0 Å². The highest BCUT2D eigenvalue weighted by atomic mass is 16.5. The van der Waals surface area contributed by atoms with Gasteiger partial charge in [0.05, 0.1) is 17.1 Å². The van der Waals surface area contributed by atoms with Crippen molar-refractivity contribution in [2.45, 2.75) is 13.3 Å². The van der Waals surface area contributed by atoms with Gasteiger partial charge in [0.15, 0.2) is 6.61 Å². The maximum atomic E-state index is 11.3. The lowest BCUT2D eigenvalue weighted by molar-refractivity contribution is -0.118. The number of nitrogens with one attached hydrogen (secondary N) is 1. The van der Waals surface area contributed by atoms with Crippen LogP contribution in [0.5, 0.6) is 5.75 Å². The Morgan fingerprint density at radius 3 is 3.00 bits per heavy atom. The second-order valence-electron chi connectivity index (χ2n) is 4.55. The zero-order valence-electron chi connectivity index (χ0n) is 10.9. The van der Waals surface area contributed by atoms with Crippen molar-refractivity contribution >= 4 is 11.6 Å². The van der Waals surface area contributed by atoms with E-state index in [1.54, 1.807) is 0 Å². The molecule has 0 unspecified atom stereocenters. The monoisotopic (exact) mass is 257 g/mol. The predicted octanol–water partition coefficient (Wildman–Crippen LogP) is 1.98. The first kappa shape index (κ1) is 11.8. The van der Waals surface area contributed by atoms with Gasteiger partial charge in [0.25, 0.3) is 5.91 Å². The van der Waals surface area contributed by atoms with Crippen LogP contribution < -0.4 is 10.1 Å². The summed E-state index contributed by atoms with van der Waals surface area (Å²) in [7, 11) is 1.92. The maximum Gasteiger partial charge on any atom is 0.262 e. The van der Waals surface area contributed by atoms with E-state index in [4.69, 9.17) is 4.74 Å². The summed E-state index contributed by atoms with van der Waals surface area (Å²) < 4.78 is 7.20. The molecule has 0 aliphatic carbocycles. The molecule has 98 valence electrons. The van der Waals surface area contributed by atoms with Gasteiger partial charge in [0.2, 0.25) is 0 Å². The number of carbonyl (C=O) groups is 1. The van der Waals surface area contributed by atoms with Crippen molar-refractivity contribution in [2.75, 3.05) is 11.9 Å². The van der Waals surface area contributed by atoms with E-state index in [1.165, 1.54) is 0 Å². The van der Waals surface area contributed by atoms with E-state index < -0.39 is 0 Å². The number of ether oxygens (including phenoxy) is 1. The lowest BCUT2D eigenvalue weighted by Gasteiger charge is -2.18. The van der Waals surface area contributed by atoms with Crippen LogP contribution in [0.3, 0.4) is 0 Å². The van der Waals surface area contributed by atoms with Gasteiger partial charge in [-0.05, 0) is 30.7 Å². The van der Waals surface area contributed by atoms with E-state index in [0.717, 1.165) is 23.4 Å². The van der Waals surface area contributed by atoms with Crippen LogP contribution in [0.2, 0.25) is 0 Å². The summed E-state index contributed by atoms with van der Waals surface area (Å²) in [6, 6.07) is 7.84. The Morgan fingerprint density at radius 2 is 2.26 bits per heavy atom. The number of fused-ring (bicyclic) bond motifs is 1. The summed E-state index contributed by atoms with van der Waals surface area (Å²) in [5.41, 5.74) is 3.81. The minimum Gasteiger partial charge on any atom is -0.482 e. The smallest absolute Gasteiger partial charge is 0.262 e. The molecule has 1 aromatic carbocycles. The van der Waals surface area contributed by atoms with Crippen molar-refractivity contribution in [3.05, 3.63) is 30.0 Å². The summed E-state index contributed by atoms with van der Waals surface area (Å²) in [6.45, 7) is 2.16. The topological polar surface area (TPSA) is 56.1 Å². The molecule has 1 amide bonds. The van der Waals surface area contributed by atoms with Crippen molar-refractivity contribution in [1.82, 2.24) is 9.78 Å². The Bertz CT molecular complexity index is 646. The van der Waals surface area contributed by atoms with Gasteiger partial charge < -0.3 is 10.1 Å². The number of hydrogen-bond acceptors (Lipinski definition) is 3. The summed E-state index contributed by atoms with van der Waals surface area (Å²) >= 11 is 0. The molecule has 19 heavy (non-hydrogen) atoms. The van der Waals surface area contributed by atoms with Crippen molar-refractivity contribution in [2.24, 2.45) is 7.05 Å². The average Bonchev–Trinajstić information content (AvgIpc) is 2.79. The Hall–Kier alpha value is -2.30. The Labute approximate surface area is 111 Å². The maximum absolute atomic E-state index is 11.3. The molecule has 1 aromatic heterocycles. The first-order valence-electron chi connectivity index (χ1n) is 6.27. The quantitative estimate of drug-likeness (QED) is 0.895. The number of hydrogen-bond donors (Lipinski definition) is 1. The first-order valence-corrected chi connectivity index (χ1v) is 6.27. The SMILES string of the molecule is CCc1cc(-c2ccc3c(c2)NC(=O)CO3)n(C)n1. The van der Waals surface area contributed by atoms with Crippen molar-refractivity contribution in [1.29, 1.82) is 0 Å². The normalized spacial score (nSPS) is 13.7.